The fraction of sp³-hybridized carbons (Fsp3) is 0.455. The molecule has 1 atom stereocenters. The van der Waals surface area contributed by atoms with E-state index in [1.165, 1.54) is 0 Å². The zero-order valence-electron chi connectivity index (χ0n) is 9.01. The minimum Gasteiger partial charge on any atom is -0.388 e. The van der Waals surface area contributed by atoms with Gasteiger partial charge in [0.1, 0.15) is 0 Å². The van der Waals surface area contributed by atoms with Crippen molar-refractivity contribution in [3.8, 4) is 0 Å². The fourth-order valence-electron chi connectivity index (χ4n) is 1.01. The molecule has 0 radical (unpaired) electrons. The molecule has 1 aromatic rings. The van der Waals surface area contributed by atoms with E-state index in [4.69, 9.17) is 11.6 Å². The molecular formula is C11H15BrClNO. The number of hydrogen-bond donors (Lipinski definition) is 2. The van der Waals surface area contributed by atoms with E-state index in [0.29, 0.717) is 5.02 Å². The second kappa shape index (κ2) is 4.73. The molecule has 0 heterocycles. The molecule has 0 saturated carbocycles. The van der Waals surface area contributed by atoms with Gasteiger partial charge in [-0.05, 0) is 54.9 Å². The fourth-order valence-corrected chi connectivity index (χ4v) is 1.51. The largest absolute Gasteiger partial charge is 0.388 e. The molecule has 4 heteroatoms. The number of anilines is 1. The summed E-state index contributed by atoms with van der Waals surface area (Å²) in [5.74, 6) is 0. The summed E-state index contributed by atoms with van der Waals surface area (Å²) in [5, 5.41) is 13.7. The number of hydrogen-bond acceptors (Lipinski definition) is 2. The molecule has 0 bridgehead atoms. The van der Waals surface area contributed by atoms with Gasteiger partial charge >= 0.3 is 0 Å². The van der Waals surface area contributed by atoms with Crippen LogP contribution in [0.25, 0.3) is 0 Å². The zero-order chi connectivity index (χ0) is 11.6. The average molecular weight is 293 g/mol. The normalized spacial score (nSPS) is 13.7. The maximum absolute atomic E-state index is 9.77. The highest BCUT2D eigenvalue weighted by atomic mass is 79.9. The van der Waals surface area contributed by atoms with Crippen molar-refractivity contribution in [2.45, 2.75) is 32.4 Å². The van der Waals surface area contributed by atoms with Gasteiger partial charge in [-0.2, -0.15) is 0 Å². The van der Waals surface area contributed by atoms with Gasteiger partial charge in [0.25, 0.3) is 0 Å². The molecule has 2 N–H and O–H groups in total. The van der Waals surface area contributed by atoms with Crippen molar-refractivity contribution in [2.24, 2.45) is 0 Å². The van der Waals surface area contributed by atoms with Crippen LogP contribution in [0.15, 0.2) is 22.7 Å². The van der Waals surface area contributed by atoms with E-state index in [1.807, 2.05) is 25.1 Å². The predicted molar refractivity (Wildman–Crippen MR) is 68.5 cm³/mol. The topological polar surface area (TPSA) is 32.3 Å². The second-order valence-corrected chi connectivity index (χ2v) is 5.41. The van der Waals surface area contributed by atoms with Crippen molar-refractivity contribution in [3.05, 3.63) is 27.7 Å². The van der Waals surface area contributed by atoms with Crippen LogP contribution in [0, 0.1) is 0 Å². The molecule has 0 aliphatic rings. The Morgan fingerprint density at radius 3 is 2.53 bits per heavy atom. The smallest absolute Gasteiger partial charge is 0.0789 e. The Kier molecular flexibility index (Phi) is 4.04. The summed E-state index contributed by atoms with van der Waals surface area (Å²) in [6, 6.07) is 5.55. The van der Waals surface area contributed by atoms with Gasteiger partial charge in [0.05, 0.1) is 16.7 Å². The van der Waals surface area contributed by atoms with Crippen LogP contribution in [0.4, 0.5) is 5.69 Å². The van der Waals surface area contributed by atoms with Crippen LogP contribution in [0.5, 0.6) is 0 Å². The monoisotopic (exact) mass is 291 g/mol. The summed E-state index contributed by atoms with van der Waals surface area (Å²) in [6.45, 7) is 5.48. The Hall–Kier alpha value is -0.250. The lowest BCUT2D eigenvalue weighted by atomic mass is 10.0. The average Bonchev–Trinajstić information content (AvgIpc) is 2.10. The molecule has 0 aliphatic heterocycles. The number of benzene rings is 1. The van der Waals surface area contributed by atoms with Crippen LogP contribution in [-0.2, 0) is 0 Å². The third-order valence-electron chi connectivity index (χ3n) is 2.36. The van der Waals surface area contributed by atoms with E-state index in [1.54, 1.807) is 13.8 Å². The highest BCUT2D eigenvalue weighted by Crippen LogP contribution is 2.26. The SMILES string of the molecule is CC(Nc1ccc(Cl)c(Br)c1)C(C)(C)O. The minimum atomic E-state index is -0.758. The van der Waals surface area contributed by atoms with Crippen molar-refractivity contribution in [1.82, 2.24) is 0 Å². The van der Waals surface area contributed by atoms with Gasteiger partial charge in [0.15, 0.2) is 0 Å². The van der Waals surface area contributed by atoms with E-state index in [-0.39, 0.29) is 6.04 Å². The Labute approximate surface area is 104 Å². The summed E-state index contributed by atoms with van der Waals surface area (Å²) in [7, 11) is 0. The Morgan fingerprint density at radius 2 is 2.07 bits per heavy atom. The van der Waals surface area contributed by atoms with Crippen LogP contribution < -0.4 is 5.32 Å². The van der Waals surface area contributed by atoms with Gasteiger partial charge in [0, 0.05) is 10.2 Å². The molecule has 1 unspecified atom stereocenters. The second-order valence-electron chi connectivity index (χ2n) is 4.15. The molecule has 0 aliphatic carbocycles. The van der Waals surface area contributed by atoms with E-state index < -0.39 is 5.60 Å². The Morgan fingerprint density at radius 1 is 1.47 bits per heavy atom. The lowest BCUT2D eigenvalue weighted by molar-refractivity contribution is 0.0649. The van der Waals surface area contributed by atoms with Crippen molar-refractivity contribution < 1.29 is 5.11 Å². The minimum absolute atomic E-state index is 0.0365. The van der Waals surface area contributed by atoms with Crippen LogP contribution in [0.1, 0.15) is 20.8 Å². The third kappa shape index (κ3) is 3.67. The van der Waals surface area contributed by atoms with E-state index in [0.717, 1.165) is 10.2 Å². The third-order valence-corrected chi connectivity index (χ3v) is 3.58. The van der Waals surface area contributed by atoms with Crippen molar-refractivity contribution >= 4 is 33.2 Å². The summed E-state index contributed by atoms with van der Waals surface area (Å²) in [6.07, 6.45) is 0. The lowest BCUT2D eigenvalue weighted by Gasteiger charge is -2.27. The van der Waals surface area contributed by atoms with Crippen LogP contribution in [0.2, 0.25) is 5.02 Å². The van der Waals surface area contributed by atoms with Crippen molar-refractivity contribution in [2.75, 3.05) is 5.32 Å². The molecule has 0 fully saturated rings. The first-order chi connectivity index (χ1) is 6.80. The van der Waals surface area contributed by atoms with E-state index >= 15 is 0 Å². The summed E-state index contributed by atoms with van der Waals surface area (Å²) < 4.78 is 0.845. The lowest BCUT2D eigenvalue weighted by Crippen LogP contribution is -2.39. The maximum atomic E-state index is 9.77. The molecule has 0 amide bonds. The molecular weight excluding hydrogens is 277 g/mol. The van der Waals surface area contributed by atoms with Gasteiger partial charge in [-0.15, -0.1) is 0 Å². The number of halogens is 2. The number of aliphatic hydroxyl groups is 1. The molecule has 2 nitrogen and oxygen atoms in total. The van der Waals surface area contributed by atoms with E-state index in [9.17, 15) is 5.11 Å². The first kappa shape index (κ1) is 12.8. The van der Waals surface area contributed by atoms with Gasteiger partial charge in [-0.1, -0.05) is 11.6 Å². The highest BCUT2D eigenvalue weighted by Gasteiger charge is 2.21. The summed E-state index contributed by atoms with van der Waals surface area (Å²) >= 11 is 9.24. The number of rotatable bonds is 3. The van der Waals surface area contributed by atoms with Crippen LogP contribution in [-0.4, -0.2) is 16.7 Å². The first-order valence-electron chi connectivity index (χ1n) is 4.74. The van der Waals surface area contributed by atoms with Gasteiger partial charge < -0.3 is 10.4 Å². The van der Waals surface area contributed by atoms with Gasteiger partial charge in [-0.3, -0.25) is 0 Å². The highest BCUT2D eigenvalue weighted by molar-refractivity contribution is 9.10. The molecule has 0 aromatic heterocycles. The van der Waals surface area contributed by atoms with Crippen molar-refractivity contribution in [1.29, 1.82) is 0 Å². The Bertz CT molecular complexity index is 349. The molecule has 1 aromatic carbocycles. The Balaban J connectivity index is 2.78. The van der Waals surface area contributed by atoms with E-state index in [2.05, 4.69) is 21.2 Å². The van der Waals surface area contributed by atoms with Crippen LogP contribution in [0.3, 0.4) is 0 Å². The van der Waals surface area contributed by atoms with Crippen molar-refractivity contribution in [3.63, 3.8) is 0 Å². The molecule has 15 heavy (non-hydrogen) atoms. The molecule has 1 rings (SSSR count). The maximum Gasteiger partial charge on any atom is 0.0789 e. The van der Waals surface area contributed by atoms with Crippen LogP contribution >= 0.6 is 27.5 Å². The van der Waals surface area contributed by atoms with Gasteiger partial charge in [-0.25, -0.2) is 0 Å². The zero-order valence-corrected chi connectivity index (χ0v) is 11.4. The number of nitrogens with one attached hydrogen (secondary N) is 1. The molecule has 0 saturated heterocycles. The summed E-state index contributed by atoms with van der Waals surface area (Å²) in [5.41, 5.74) is 0.174. The van der Waals surface area contributed by atoms with Gasteiger partial charge in [0.2, 0.25) is 0 Å². The predicted octanol–water partition coefficient (Wildman–Crippen LogP) is 3.67. The first-order valence-corrected chi connectivity index (χ1v) is 5.92. The standard InChI is InChI=1S/C11H15BrClNO/c1-7(11(2,3)15)14-8-4-5-10(13)9(12)6-8/h4-7,14-15H,1-3H3. The summed E-state index contributed by atoms with van der Waals surface area (Å²) in [4.78, 5) is 0. The quantitative estimate of drug-likeness (QED) is 0.891. The molecule has 0 spiro atoms. The molecule has 84 valence electrons.